The molecule has 0 aromatic heterocycles. The molecule has 37 heavy (non-hydrogen) atoms. The molecule has 3 aliphatic rings. The molecule has 192 valence electrons. The zero-order valence-corrected chi connectivity index (χ0v) is 21.7. The normalized spacial score (nSPS) is 22.1. The number of phenols is 1. The van der Waals surface area contributed by atoms with Crippen LogP contribution in [0.2, 0.25) is 0 Å². The van der Waals surface area contributed by atoms with Crippen LogP contribution in [0.1, 0.15) is 65.7 Å². The Kier molecular flexibility index (Phi) is 6.41. The van der Waals surface area contributed by atoms with Crippen LogP contribution in [0.25, 0.3) is 0 Å². The highest BCUT2D eigenvalue weighted by Crippen LogP contribution is 2.55. The number of hydrogen-bond acceptors (Lipinski definition) is 4. The van der Waals surface area contributed by atoms with Crippen molar-refractivity contribution in [3.05, 3.63) is 95.1 Å². The van der Waals surface area contributed by atoms with Gasteiger partial charge in [0.05, 0.1) is 6.04 Å². The average Bonchev–Trinajstić information content (AvgIpc) is 3.53. The molecule has 1 spiro atoms. The Labute approximate surface area is 220 Å². The molecule has 3 aromatic rings. The number of amides is 1. The Bertz CT molecular complexity index is 1250. The standard InChI is InChI=1S/C32H37N3O2/c1-2-17-34-18-14-23(22-34)21-33-27-10-8-24(9-11-27)30-29-13-12-28(36)19-26(29)20-32(15-16-32)35(30)31(37)25-6-4-3-5-7-25/h3-13,19,23,30,33,36H,2,14-18,20-22H2,1H3. The van der Waals surface area contributed by atoms with Gasteiger partial charge in [0.2, 0.25) is 0 Å². The Morgan fingerprint density at radius 1 is 1.05 bits per heavy atom. The summed E-state index contributed by atoms with van der Waals surface area (Å²) in [6, 6.07) is 23.8. The fourth-order valence-corrected chi connectivity index (χ4v) is 6.45. The molecular weight excluding hydrogens is 458 g/mol. The second-order valence-electron chi connectivity index (χ2n) is 11.2. The number of carbonyl (C=O) groups is 1. The summed E-state index contributed by atoms with van der Waals surface area (Å²) in [6.45, 7) is 6.84. The lowest BCUT2D eigenvalue weighted by molar-refractivity contribution is 0.0541. The molecule has 5 heteroatoms. The van der Waals surface area contributed by atoms with Crippen molar-refractivity contribution in [2.75, 3.05) is 31.5 Å². The van der Waals surface area contributed by atoms with E-state index in [0.29, 0.717) is 11.7 Å². The summed E-state index contributed by atoms with van der Waals surface area (Å²) in [5, 5.41) is 13.9. The van der Waals surface area contributed by atoms with Gasteiger partial charge < -0.3 is 20.2 Å². The maximum atomic E-state index is 14.0. The lowest BCUT2D eigenvalue weighted by atomic mass is 9.82. The predicted molar refractivity (Wildman–Crippen MR) is 148 cm³/mol. The third-order valence-electron chi connectivity index (χ3n) is 8.51. The van der Waals surface area contributed by atoms with Gasteiger partial charge in [0.1, 0.15) is 5.75 Å². The monoisotopic (exact) mass is 495 g/mol. The number of carbonyl (C=O) groups excluding carboxylic acids is 1. The van der Waals surface area contributed by atoms with Crippen LogP contribution in [0, 0.1) is 5.92 Å². The van der Waals surface area contributed by atoms with Gasteiger partial charge in [-0.3, -0.25) is 4.79 Å². The lowest BCUT2D eigenvalue weighted by Crippen LogP contribution is -2.49. The van der Waals surface area contributed by atoms with E-state index >= 15 is 0 Å². The van der Waals surface area contributed by atoms with Crippen LogP contribution in [0.5, 0.6) is 5.75 Å². The summed E-state index contributed by atoms with van der Waals surface area (Å²) in [5.74, 6) is 1.07. The third-order valence-corrected chi connectivity index (χ3v) is 8.51. The molecule has 2 fully saturated rings. The van der Waals surface area contributed by atoms with Gasteiger partial charge in [-0.1, -0.05) is 43.3 Å². The molecule has 2 unspecified atom stereocenters. The van der Waals surface area contributed by atoms with Crippen molar-refractivity contribution in [1.29, 1.82) is 0 Å². The summed E-state index contributed by atoms with van der Waals surface area (Å²) < 4.78 is 0. The van der Waals surface area contributed by atoms with Crippen LogP contribution < -0.4 is 5.32 Å². The van der Waals surface area contributed by atoms with Crippen molar-refractivity contribution in [2.24, 2.45) is 5.92 Å². The number of hydrogen-bond donors (Lipinski definition) is 2. The highest BCUT2D eigenvalue weighted by Gasteiger charge is 2.56. The highest BCUT2D eigenvalue weighted by molar-refractivity contribution is 5.96. The molecule has 1 saturated heterocycles. The fourth-order valence-electron chi connectivity index (χ4n) is 6.45. The van der Waals surface area contributed by atoms with Crippen molar-refractivity contribution in [3.63, 3.8) is 0 Å². The van der Waals surface area contributed by atoms with E-state index in [1.165, 1.54) is 32.5 Å². The minimum atomic E-state index is -0.178. The second-order valence-corrected chi connectivity index (χ2v) is 11.2. The zero-order valence-electron chi connectivity index (χ0n) is 21.7. The van der Waals surface area contributed by atoms with E-state index < -0.39 is 0 Å². The maximum absolute atomic E-state index is 14.0. The van der Waals surface area contributed by atoms with Gasteiger partial charge in [-0.05, 0) is 104 Å². The van der Waals surface area contributed by atoms with Crippen LogP contribution in [0.4, 0.5) is 5.69 Å². The summed E-state index contributed by atoms with van der Waals surface area (Å²) in [6.07, 6.45) is 5.26. The fraction of sp³-hybridized carbons (Fsp3) is 0.406. The quantitative estimate of drug-likeness (QED) is 0.431. The number of fused-ring (bicyclic) bond motifs is 1. The van der Waals surface area contributed by atoms with Crippen LogP contribution in [0.15, 0.2) is 72.8 Å². The molecule has 2 heterocycles. The summed E-state index contributed by atoms with van der Waals surface area (Å²) >= 11 is 0. The van der Waals surface area contributed by atoms with E-state index in [2.05, 4.69) is 46.3 Å². The molecule has 1 saturated carbocycles. The second kappa shape index (κ2) is 9.86. The number of anilines is 1. The first-order valence-corrected chi connectivity index (χ1v) is 13.8. The Hall–Kier alpha value is -3.31. The summed E-state index contributed by atoms with van der Waals surface area (Å²) in [4.78, 5) is 18.7. The lowest BCUT2D eigenvalue weighted by Gasteiger charge is -2.44. The van der Waals surface area contributed by atoms with E-state index in [-0.39, 0.29) is 17.5 Å². The molecule has 2 aliphatic heterocycles. The van der Waals surface area contributed by atoms with Gasteiger partial charge in [0.25, 0.3) is 5.91 Å². The molecule has 5 nitrogen and oxygen atoms in total. The number of nitrogens with zero attached hydrogens (tertiary/aromatic N) is 2. The molecule has 0 radical (unpaired) electrons. The Morgan fingerprint density at radius 2 is 1.84 bits per heavy atom. The average molecular weight is 496 g/mol. The van der Waals surface area contributed by atoms with Crippen molar-refractivity contribution >= 4 is 11.6 Å². The summed E-state index contributed by atoms with van der Waals surface area (Å²) in [7, 11) is 0. The zero-order chi connectivity index (χ0) is 25.4. The minimum absolute atomic E-state index is 0.0851. The van der Waals surface area contributed by atoms with Crippen LogP contribution >= 0.6 is 0 Å². The molecular formula is C32H37N3O2. The number of rotatable bonds is 7. The van der Waals surface area contributed by atoms with Gasteiger partial charge >= 0.3 is 0 Å². The van der Waals surface area contributed by atoms with Crippen LogP contribution in [-0.4, -0.2) is 52.5 Å². The van der Waals surface area contributed by atoms with E-state index in [4.69, 9.17) is 0 Å². The largest absolute Gasteiger partial charge is 0.508 e. The molecule has 1 amide bonds. The molecule has 3 aromatic carbocycles. The number of aromatic hydroxyl groups is 1. The van der Waals surface area contributed by atoms with Gasteiger partial charge in [-0.25, -0.2) is 0 Å². The van der Waals surface area contributed by atoms with Crippen molar-refractivity contribution in [1.82, 2.24) is 9.80 Å². The number of benzene rings is 3. The van der Waals surface area contributed by atoms with Crippen LogP contribution in [0.3, 0.4) is 0 Å². The van der Waals surface area contributed by atoms with Gasteiger partial charge in [0, 0.05) is 29.9 Å². The van der Waals surface area contributed by atoms with Crippen LogP contribution in [-0.2, 0) is 6.42 Å². The van der Waals surface area contributed by atoms with E-state index in [9.17, 15) is 9.90 Å². The Balaban J connectivity index is 1.28. The third kappa shape index (κ3) is 4.73. The molecule has 6 rings (SSSR count). The van der Waals surface area contributed by atoms with Gasteiger partial charge in [-0.15, -0.1) is 0 Å². The minimum Gasteiger partial charge on any atom is -0.508 e. The van der Waals surface area contributed by atoms with Gasteiger partial charge in [0.15, 0.2) is 0 Å². The van der Waals surface area contributed by atoms with E-state index in [0.717, 1.165) is 53.7 Å². The van der Waals surface area contributed by atoms with Gasteiger partial charge in [-0.2, -0.15) is 0 Å². The van der Waals surface area contributed by atoms with Crippen molar-refractivity contribution in [2.45, 2.75) is 50.6 Å². The number of nitrogens with one attached hydrogen (secondary N) is 1. The first-order valence-electron chi connectivity index (χ1n) is 13.8. The Morgan fingerprint density at radius 3 is 2.57 bits per heavy atom. The topological polar surface area (TPSA) is 55.8 Å². The summed E-state index contributed by atoms with van der Waals surface area (Å²) in [5.41, 5.74) is 5.06. The van der Waals surface area contributed by atoms with E-state index in [1.54, 1.807) is 6.07 Å². The number of phenolic OH excluding ortho intramolecular Hbond substituents is 1. The smallest absolute Gasteiger partial charge is 0.255 e. The number of likely N-dealkylation sites (tertiary alicyclic amines) is 1. The molecule has 2 atom stereocenters. The van der Waals surface area contributed by atoms with Crippen molar-refractivity contribution < 1.29 is 9.90 Å². The van der Waals surface area contributed by atoms with Crippen molar-refractivity contribution in [3.8, 4) is 5.75 Å². The molecule has 2 N–H and O–H groups in total. The predicted octanol–water partition coefficient (Wildman–Crippen LogP) is 5.86. The SMILES string of the molecule is CCCN1CCC(CNc2ccc(C3c4ccc(O)cc4CC4(CC4)N3C(=O)c3ccccc3)cc2)C1. The highest BCUT2D eigenvalue weighted by atomic mass is 16.3. The molecule has 1 aliphatic carbocycles. The molecule has 0 bridgehead atoms. The van der Waals surface area contributed by atoms with E-state index in [1.807, 2.05) is 42.5 Å². The first-order chi connectivity index (χ1) is 18.1. The first kappa shape index (κ1) is 24.1. The maximum Gasteiger partial charge on any atom is 0.255 e.